The number of nitrogens with zero attached hydrogens (tertiary/aromatic N) is 2. The van der Waals surface area contributed by atoms with Crippen LogP contribution in [-0.2, 0) is 0 Å². The molecule has 2 aromatic carbocycles. The van der Waals surface area contributed by atoms with Gasteiger partial charge < -0.3 is 5.11 Å². The molecule has 0 heterocycles. The Bertz CT molecular complexity index is 704. The Hall–Kier alpha value is -1.92. The molecule has 0 atom stereocenters. The highest BCUT2D eigenvalue weighted by Crippen LogP contribution is 2.33. The van der Waals surface area contributed by atoms with Crippen LogP contribution in [-0.4, -0.2) is 16.2 Å². The number of aliphatic imine (C=N–C) groups is 1. The number of aromatic hydroxyl groups is 1. The van der Waals surface area contributed by atoms with E-state index >= 15 is 0 Å². The summed E-state index contributed by atoms with van der Waals surface area (Å²) in [6.45, 7) is 0. The number of halogens is 2. The minimum atomic E-state index is -0.697. The fourth-order valence-corrected chi connectivity index (χ4v) is 2.15. The summed E-state index contributed by atoms with van der Waals surface area (Å²) in [7, 11) is 0. The van der Waals surface area contributed by atoms with E-state index < -0.39 is 16.4 Å². The Balaban J connectivity index is 2.44. The number of nitro groups is 1. The van der Waals surface area contributed by atoms with Crippen molar-refractivity contribution in [2.24, 2.45) is 4.99 Å². The Morgan fingerprint density at radius 1 is 1.35 bits per heavy atom. The van der Waals surface area contributed by atoms with Crippen LogP contribution in [0.4, 0.5) is 11.4 Å². The van der Waals surface area contributed by atoms with Gasteiger partial charge in [-0.05, 0) is 34.1 Å². The maximum Gasteiger partial charge on any atom is 0.312 e. The third-order valence-electron chi connectivity index (χ3n) is 2.48. The first-order valence-electron chi connectivity index (χ1n) is 5.44. The summed E-state index contributed by atoms with van der Waals surface area (Å²) < 4.78 is 0.771. The number of hydrogen-bond acceptors (Lipinski definition) is 4. The number of hydrogen-bond donors (Lipinski definition) is 1. The van der Waals surface area contributed by atoms with E-state index in [1.165, 1.54) is 12.3 Å². The predicted molar refractivity (Wildman–Crippen MR) is 81.2 cm³/mol. The number of para-hydroxylation sites is 1. The summed E-state index contributed by atoms with van der Waals surface area (Å²) in [5.74, 6) is -0.463. The van der Waals surface area contributed by atoms with E-state index in [-0.39, 0.29) is 10.6 Å². The van der Waals surface area contributed by atoms with Crippen molar-refractivity contribution in [1.29, 1.82) is 0 Å². The van der Waals surface area contributed by atoms with Gasteiger partial charge in [0.2, 0.25) is 5.75 Å². The van der Waals surface area contributed by atoms with Crippen LogP contribution in [0.1, 0.15) is 5.56 Å². The maximum atomic E-state index is 10.8. The molecule has 20 heavy (non-hydrogen) atoms. The number of rotatable bonds is 3. The van der Waals surface area contributed by atoms with Crippen LogP contribution in [0.2, 0.25) is 5.02 Å². The summed E-state index contributed by atoms with van der Waals surface area (Å²) in [4.78, 5) is 14.3. The van der Waals surface area contributed by atoms with Crippen LogP contribution >= 0.6 is 27.5 Å². The van der Waals surface area contributed by atoms with E-state index in [2.05, 4.69) is 20.9 Å². The molecule has 2 rings (SSSR count). The zero-order chi connectivity index (χ0) is 14.7. The molecule has 0 spiro atoms. The normalized spacial score (nSPS) is 10.9. The average Bonchev–Trinajstić information content (AvgIpc) is 2.40. The molecule has 1 N–H and O–H groups in total. The van der Waals surface area contributed by atoms with Gasteiger partial charge in [-0.2, -0.15) is 0 Å². The van der Waals surface area contributed by atoms with Gasteiger partial charge >= 0.3 is 5.69 Å². The molecule has 0 aliphatic rings. The van der Waals surface area contributed by atoms with E-state index in [4.69, 9.17) is 11.6 Å². The first-order chi connectivity index (χ1) is 9.49. The summed E-state index contributed by atoms with van der Waals surface area (Å²) in [6.07, 6.45) is 1.33. The molecule has 0 aliphatic carbocycles. The van der Waals surface area contributed by atoms with Gasteiger partial charge in [0.25, 0.3) is 0 Å². The monoisotopic (exact) mass is 354 g/mol. The van der Waals surface area contributed by atoms with Gasteiger partial charge in [0.05, 0.1) is 10.6 Å². The van der Waals surface area contributed by atoms with Crippen molar-refractivity contribution in [3.05, 3.63) is 61.6 Å². The molecule has 0 fully saturated rings. The Kier molecular flexibility index (Phi) is 4.36. The Labute approximate surface area is 127 Å². The maximum absolute atomic E-state index is 10.8. The summed E-state index contributed by atoms with van der Waals surface area (Å²) >= 11 is 9.12. The second-order valence-corrected chi connectivity index (χ2v) is 5.12. The molecular formula is C13H8BrClN2O3. The smallest absolute Gasteiger partial charge is 0.312 e. The van der Waals surface area contributed by atoms with Gasteiger partial charge in [-0.1, -0.05) is 23.7 Å². The third kappa shape index (κ3) is 3.15. The first-order valence-corrected chi connectivity index (χ1v) is 6.61. The van der Waals surface area contributed by atoms with Crippen molar-refractivity contribution in [3.63, 3.8) is 0 Å². The lowest BCUT2D eigenvalue weighted by Crippen LogP contribution is -1.92. The van der Waals surface area contributed by atoms with Crippen molar-refractivity contribution < 1.29 is 10.0 Å². The molecule has 5 nitrogen and oxygen atoms in total. The van der Waals surface area contributed by atoms with Crippen LogP contribution in [0.3, 0.4) is 0 Å². The highest BCUT2D eigenvalue weighted by atomic mass is 79.9. The second kappa shape index (κ2) is 6.02. The van der Waals surface area contributed by atoms with Crippen LogP contribution < -0.4 is 0 Å². The van der Waals surface area contributed by atoms with Crippen molar-refractivity contribution in [2.45, 2.75) is 0 Å². The molecule has 0 aromatic heterocycles. The average molecular weight is 356 g/mol. The second-order valence-electron chi connectivity index (χ2n) is 3.83. The van der Waals surface area contributed by atoms with Crippen molar-refractivity contribution in [2.75, 3.05) is 0 Å². The summed E-state index contributed by atoms with van der Waals surface area (Å²) in [5, 5.41) is 20.8. The van der Waals surface area contributed by atoms with Crippen LogP contribution in [0.5, 0.6) is 5.75 Å². The molecular weight excluding hydrogens is 348 g/mol. The fourth-order valence-electron chi connectivity index (χ4n) is 1.54. The van der Waals surface area contributed by atoms with Crippen molar-refractivity contribution in [3.8, 4) is 5.75 Å². The molecule has 0 saturated carbocycles. The number of nitro benzene ring substituents is 1. The molecule has 0 amide bonds. The van der Waals surface area contributed by atoms with Crippen molar-refractivity contribution >= 4 is 45.1 Å². The minimum absolute atomic E-state index is 0.156. The largest absolute Gasteiger partial charge is 0.502 e. The van der Waals surface area contributed by atoms with Crippen LogP contribution in [0.25, 0.3) is 0 Å². The molecule has 0 bridgehead atoms. The van der Waals surface area contributed by atoms with E-state index in [0.29, 0.717) is 5.69 Å². The van der Waals surface area contributed by atoms with Gasteiger partial charge in [-0.15, -0.1) is 0 Å². The Morgan fingerprint density at radius 2 is 2.05 bits per heavy atom. The van der Waals surface area contributed by atoms with Gasteiger partial charge in [0.1, 0.15) is 0 Å². The lowest BCUT2D eigenvalue weighted by Gasteiger charge is -2.02. The third-order valence-corrected chi connectivity index (χ3v) is 3.36. The molecule has 0 unspecified atom stereocenters. The van der Waals surface area contributed by atoms with Crippen LogP contribution in [0, 0.1) is 10.1 Å². The van der Waals surface area contributed by atoms with Crippen LogP contribution in [0.15, 0.2) is 45.9 Å². The lowest BCUT2D eigenvalue weighted by atomic mass is 10.2. The standard InChI is InChI=1S/C13H8BrClN2O3/c14-10-3-1-2-4-11(10)16-7-8-5-9(15)6-12(13(8)18)17(19)20/h1-7,18H. The van der Waals surface area contributed by atoms with E-state index in [0.717, 1.165) is 10.5 Å². The number of phenols is 1. The highest BCUT2D eigenvalue weighted by molar-refractivity contribution is 9.10. The van der Waals surface area contributed by atoms with Gasteiger partial charge in [0.15, 0.2) is 0 Å². The lowest BCUT2D eigenvalue weighted by molar-refractivity contribution is -0.385. The number of benzene rings is 2. The molecule has 2 aromatic rings. The molecule has 0 radical (unpaired) electrons. The van der Waals surface area contributed by atoms with E-state index in [1.807, 2.05) is 12.1 Å². The zero-order valence-electron chi connectivity index (χ0n) is 9.96. The topological polar surface area (TPSA) is 75.7 Å². The summed E-state index contributed by atoms with van der Waals surface area (Å²) in [5.41, 5.74) is 0.362. The molecule has 102 valence electrons. The van der Waals surface area contributed by atoms with E-state index in [1.54, 1.807) is 12.1 Å². The molecule has 0 saturated heterocycles. The van der Waals surface area contributed by atoms with Crippen molar-refractivity contribution in [1.82, 2.24) is 0 Å². The molecule has 7 heteroatoms. The Morgan fingerprint density at radius 3 is 2.70 bits per heavy atom. The van der Waals surface area contributed by atoms with E-state index in [9.17, 15) is 15.2 Å². The highest BCUT2D eigenvalue weighted by Gasteiger charge is 2.17. The molecule has 0 aliphatic heterocycles. The minimum Gasteiger partial charge on any atom is -0.502 e. The quantitative estimate of drug-likeness (QED) is 0.501. The van der Waals surface area contributed by atoms with Gasteiger partial charge in [0, 0.05) is 27.3 Å². The van der Waals surface area contributed by atoms with Gasteiger partial charge in [-0.25, -0.2) is 0 Å². The first kappa shape index (κ1) is 14.5. The SMILES string of the molecule is O=[N+]([O-])c1cc(Cl)cc(C=Nc2ccccc2Br)c1O. The predicted octanol–water partition coefficient (Wildman–Crippen LogP) is 4.47. The zero-order valence-corrected chi connectivity index (χ0v) is 12.3. The van der Waals surface area contributed by atoms with Gasteiger partial charge in [-0.3, -0.25) is 15.1 Å². The summed E-state index contributed by atoms with van der Waals surface area (Å²) in [6, 6.07) is 9.71. The fraction of sp³-hybridized carbons (Fsp3) is 0. The number of phenolic OH excluding ortho intramolecular Hbond substituents is 1.